The van der Waals surface area contributed by atoms with Crippen molar-refractivity contribution in [1.29, 1.82) is 0 Å². The fourth-order valence-electron chi connectivity index (χ4n) is 0.348. The minimum Gasteiger partial charge on any atom is -0.348 e. The molecular formula is C7H15O2. The van der Waals surface area contributed by atoms with Crippen LogP contribution < -0.4 is 0 Å². The summed E-state index contributed by atoms with van der Waals surface area (Å²) in [6.07, 6.45) is 0. The van der Waals surface area contributed by atoms with Crippen molar-refractivity contribution < 1.29 is 9.47 Å². The van der Waals surface area contributed by atoms with Gasteiger partial charge in [-0.3, -0.25) is 0 Å². The van der Waals surface area contributed by atoms with E-state index in [1.165, 1.54) is 6.79 Å². The van der Waals surface area contributed by atoms with Gasteiger partial charge in [0.15, 0.2) is 0 Å². The molecule has 0 bridgehead atoms. The Morgan fingerprint density at radius 3 is 2.44 bits per heavy atom. The summed E-state index contributed by atoms with van der Waals surface area (Å²) in [6, 6.07) is 0. The highest BCUT2D eigenvalue weighted by Gasteiger charge is 1.91. The molecule has 2 heteroatoms. The fraction of sp³-hybridized carbons (Fsp3) is 0.857. The topological polar surface area (TPSA) is 18.5 Å². The van der Waals surface area contributed by atoms with E-state index in [0.717, 1.165) is 6.61 Å². The molecule has 0 N–H and O–H groups in total. The van der Waals surface area contributed by atoms with Crippen LogP contribution in [0, 0.1) is 12.7 Å². The van der Waals surface area contributed by atoms with Crippen molar-refractivity contribution >= 4 is 0 Å². The number of hydrogen-bond acceptors (Lipinski definition) is 2. The quantitative estimate of drug-likeness (QED) is 0.530. The van der Waals surface area contributed by atoms with Crippen LogP contribution in [0.15, 0.2) is 0 Å². The molecule has 1 radical (unpaired) electrons. The van der Waals surface area contributed by atoms with Gasteiger partial charge >= 0.3 is 0 Å². The second-order valence-corrected chi connectivity index (χ2v) is 2.28. The van der Waals surface area contributed by atoms with Crippen LogP contribution in [0.3, 0.4) is 0 Å². The lowest BCUT2D eigenvalue weighted by Gasteiger charge is -2.04. The van der Waals surface area contributed by atoms with Crippen molar-refractivity contribution in [3.05, 3.63) is 6.79 Å². The Bertz CT molecular complexity index is 52.9. The van der Waals surface area contributed by atoms with E-state index in [4.69, 9.17) is 9.47 Å². The molecule has 0 atom stereocenters. The zero-order chi connectivity index (χ0) is 7.11. The highest BCUT2D eigenvalue weighted by molar-refractivity contribution is 4.39. The van der Waals surface area contributed by atoms with Crippen molar-refractivity contribution in [2.24, 2.45) is 5.92 Å². The lowest BCUT2D eigenvalue weighted by Crippen LogP contribution is -2.01. The zero-order valence-electron chi connectivity index (χ0n) is 6.39. The van der Waals surface area contributed by atoms with Gasteiger partial charge in [-0.25, -0.2) is 0 Å². The predicted molar refractivity (Wildman–Crippen MR) is 36.7 cm³/mol. The Balaban J connectivity index is 2.75. The maximum Gasteiger partial charge on any atom is 0.209 e. The highest BCUT2D eigenvalue weighted by atomic mass is 16.7. The first kappa shape index (κ1) is 8.92. The molecule has 0 aromatic heterocycles. The van der Waals surface area contributed by atoms with Gasteiger partial charge in [0.2, 0.25) is 6.79 Å². The average molecular weight is 131 g/mol. The summed E-state index contributed by atoms with van der Waals surface area (Å²) < 4.78 is 9.82. The first-order chi connectivity index (χ1) is 4.27. The Labute approximate surface area is 57.2 Å². The molecule has 0 spiro atoms. The number of rotatable bonds is 5. The van der Waals surface area contributed by atoms with E-state index in [9.17, 15) is 0 Å². The van der Waals surface area contributed by atoms with Crippen LogP contribution in [0.1, 0.15) is 20.8 Å². The van der Waals surface area contributed by atoms with Gasteiger partial charge in [0.05, 0.1) is 6.61 Å². The Morgan fingerprint density at radius 2 is 2.00 bits per heavy atom. The van der Waals surface area contributed by atoms with Crippen LogP contribution in [-0.4, -0.2) is 13.2 Å². The van der Waals surface area contributed by atoms with Gasteiger partial charge in [-0.1, -0.05) is 13.8 Å². The van der Waals surface area contributed by atoms with Crippen molar-refractivity contribution in [3.8, 4) is 0 Å². The molecule has 0 unspecified atom stereocenters. The average Bonchev–Trinajstić information content (AvgIpc) is 1.80. The number of ether oxygens (including phenoxy) is 2. The number of hydrogen-bond donors (Lipinski definition) is 0. The summed E-state index contributed by atoms with van der Waals surface area (Å²) >= 11 is 0. The minimum absolute atomic E-state index is 0.571. The zero-order valence-corrected chi connectivity index (χ0v) is 6.39. The van der Waals surface area contributed by atoms with Crippen LogP contribution in [0.2, 0.25) is 0 Å². The lowest BCUT2D eigenvalue weighted by molar-refractivity contribution is 0.0155. The van der Waals surface area contributed by atoms with E-state index in [-0.39, 0.29) is 0 Å². The van der Waals surface area contributed by atoms with Crippen molar-refractivity contribution in [2.45, 2.75) is 20.8 Å². The molecule has 0 aliphatic heterocycles. The van der Waals surface area contributed by atoms with E-state index in [2.05, 4.69) is 13.8 Å². The summed E-state index contributed by atoms with van der Waals surface area (Å²) in [7, 11) is 0. The third kappa shape index (κ3) is 7.92. The predicted octanol–water partition coefficient (Wildman–Crippen LogP) is 1.81. The third-order valence-electron chi connectivity index (χ3n) is 0.732. The Morgan fingerprint density at radius 1 is 1.33 bits per heavy atom. The first-order valence-electron chi connectivity index (χ1n) is 3.32. The minimum atomic E-state index is 0.571. The van der Waals surface area contributed by atoms with Gasteiger partial charge in [-0.15, -0.1) is 0 Å². The maximum atomic E-state index is 4.99. The molecule has 9 heavy (non-hydrogen) atoms. The van der Waals surface area contributed by atoms with E-state index < -0.39 is 0 Å². The largest absolute Gasteiger partial charge is 0.348 e. The summed E-state index contributed by atoms with van der Waals surface area (Å²) in [5.74, 6) is 0.571. The van der Waals surface area contributed by atoms with Gasteiger partial charge in [-0.2, -0.15) is 0 Å². The van der Waals surface area contributed by atoms with Crippen LogP contribution >= 0.6 is 0 Å². The lowest BCUT2D eigenvalue weighted by atomic mass is 10.2. The van der Waals surface area contributed by atoms with Crippen molar-refractivity contribution in [3.63, 3.8) is 0 Å². The molecule has 55 valence electrons. The molecule has 0 fully saturated rings. The molecule has 0 aliphatic carbocycles. The van der Waals surface area contributed by atoms with Crippen LogP contribution in [0.5, 0.6) is 0 Å². The van der Waals surface area contributed by atoms with Crippen molar-refractivity contribution in [2.75, 3.05) is 13.2 Å². The molecule has 0 amide bonds. The van der Waals surface area contributed by atoms with Crippen LogP contribution in [0.4, 0.5) is 0 Å². The fourth-order valence-corrected chi connectivity index (χ4v) is 0.348. The van der Waals surface area contributed by atoms with Crippen LogP contribution in [-0.2, 0) is 9.47 Å². The molecule has 0 aliphatic rings. The van der Waals surface area contributed by atoms with Gasteiger partial charge in [0, 0.05) is 6.61 Å². The second kappa shape index (κ2) is 6.05. The monoisotopic (exact) mass is 131 g/mol. The van der Waals surface area contributed by atoms with Gasteiger partial charge in [0.25, 0.3) is 0 Å². The normalized spacial score (nSPS) is 10.7. The van der Waals surface area contributed by atoms with E-state index in [1.54, 1.807) is 0 Å². The first-order valence-corrected chi connectivity index (χ1v) is 3.32. The summed E-state index contributed by atoms with van der Waals surface area (Å²) in [5.41, 5.74) is 0. The Kier molecular flexibility index (Phi) is 5.99. The second-order valence-electron chi connectivity index (χ2n) is 2.28. The summed E-state index contributed by atoms with van der Waals surface area (Å²) in [4.78, 5) is 0. The molecule has 0 heterocycles. The third-order valence-corrected chi connectivity index (χ3v) is 0.732. The van der Waals surface area contributed by atoms with Gasteiger partial charge in [-0.05, 0) is 12.8 Å². The SMILES string of the molecule is CCO[CH]OCC(C)C. The van der Waals surface area contributed by atoms with E-state index in [0.29, 0.717) is 12.5 Å². The summed E-state index contributed by atoms with van der Waals surface area (Å²) in [6.45, 7) is 8.94. The van der Waals surface area contributed by atoms with Crippen molar-refractivity contribution in [1.82, 2.24) is 0 Å². The smallest absolute Gasteiger partial charge is 0.209 e. The molecule has 0 saturated heterocycles. The highest BCUT2D eigenvalue weighted by Crippen LogP contribution is 1.94. The molecule has 0 aromatic carbocycles. The maximum absolute atomic E-state index is 4.99. The molecule has 0 rings (SSSR count). The molecule has 0 saturated carbocycles. The van der Waals surface area contributed by atoms with E-state index in [1.807, 2.05) is 6.92 Å². The van der Waals surface area contributed by atoms with E-state index >= 15 is 0 Å². The van der Waals surface area contributed by atoms with Crippen LogP contribution in [0.25, 0.3) is 0 Å². The summed E-state index contributed by atoms with van der Waals surface area (Å²) in [5, 5.41) is 0. The standard InChI is InChI=1S/C7H15O2/c1-4-8-6-9-5-7(2)3/h6-7H,4-5H2,1-3H3. The van der Waals surface area contributed by atoms with Gasteiger partial charge < -0.3 is 9.47 Å². The molecule has 0 aromatic rings. The van der Waals surface area contributed by atoms with Gasteiger partial charge in [0.1, 0.15) is 0 Å². The Hall–Kier alpha value is -0.0800. The molecule has 2 nitrogen and oxygen atoms in total. The molecular weight excluding hydrogens is 116 g/mol.